The molecule has 0 fully saturated rings. The minimum absolute atomic E-state index is 0.125. The molecular formula is C28H34N2O11. The van der Waals surface area contributed by atoms with Crippen LogP contribution in [-0.4, -0.2) is 88.2 Å². The lowest BCUT2D eigenvalue weighted by Crippen LogP contribution is -2.16. The van der Waals surface area contributed by atoms with Crippen molar-refractivity contribution in [1.82, 2.24) is 0 Å². The van der Waals surface area contributed by atoms with E-state index in [0.717, 1.165) is 0 Å². The van der Waals surface area contributed by atoms with Crippen molar-refractivity contribution >= 4 is 23.4 Å². The highest BCUT2D eigenvalue weighted by atomic mass is 16.7. The first-order valence-electron chi connectivity index (χ1n) is 12.8. The van der Waals surface area contributed by atoms with Crippen molar-refractivity contribution in [3.63, 3.8) is 0 Å². The summed E-state index contributed by atoms with van der Waals surface area (Å²) >= 11 is 0. The van der Waals surface area contributed by atoms with Gasteiger partial charge in [0, 0.05) is 17.8 Å². The number of benzene rings is 2. The van der Waals surface area contributed by atoms with Crippen LogP contribution in [0.25, 0.3) is 0 Å². The molecule has 0 radical (unpaired) electrons. The summed E-state index contributed by atoms with van der Waals surface area (Å²) in [5.41, 5.74) is 1.29. The Labute approximate surface area is 237 Å². The number of hydrogen-bond acceptors (Lipinski definition) is 10. The van der Waals surface area contributed by atoms with E-state index in [1.54, 1.807) is 24.3 Å². The van der Waals surface area contributed by atoms with Gasteiger partial charge < -0.3 is 38.8 Å². The number of non-ortho nitro benzene ring substituents is 1. The third kappa shape index (κ3) is 14.2. The Bertz CT molecular complexity index is 1100. The average Bonchev–Trinajstić information content (AvgIpc) is 2.96. The lowest BCUT2D eigenvalue weighted by atomic mass is 10.0. The third-order valence-corrected chi connectivity index (χ3v) is 5.27. The van der Waals surface area contributed by atoms with E-state index in [1.807, 2.05) is 0 Å². The topological polar surface area (TPSA) is 165 Å². The van der Waals surface area contributed by atoms with E-state index < -0.39 is 17.2 Å². The third-order valence-electron chi connectivity index (χ3n) is 5.27. The summed E-state index contributed by atoms with van der Waals surface area (Å²) in [5.74, 6) is 2.11. The van der Waals surface area contributed by atoms with Gasteiger partial charge >= 0.3 is 6.16 Å². The Kier molecular flexibility index (Phi) is 16.1. The number of hydrogen-bond donors (Lipinski definition) is 2. The summed E-state index contributed by atoms with van der Waals surface area (Å²) in [6.45, 7) is 3.82. The van der Waals surface area contributed by atoms with Gasteiger partial charge in [0.25, 0.3) is 5.69 Å². The Hall–Kier alpha value is -4.06. The Morgan fingerprint density at radius 3 is 1.73 bits per heavy atom. The van der Waals surface area contributed by atoms with E-state index in [-0.39, 0.29) is 31.2 Å². The van der Waals surface area contributed by atoms with Gasteiger partial charge in [0.1, 0.15) is 6.61 Å². The highest BCUT2D eigenvalue weighted by Crippen LogP contribution is 2.28. The summed E-state index contributed by atoms with van der Waals surface area (Å²) in [6, 6.07) is 11.8. The van der Waals surface area contributed by atoms with Gasteiger partial charge in [0.05, 0.1) is 70.8 Å². The largest absolute Gasteiger partial charge is 0.506 e. The van der Waals surface area contributed by atoms with Crippen LogP contribution in [0.2, 0.25) is 0 Å². The van der Waals surface area contributed by atoms with Crippen LogP contribution < -0.4 is 5.32 Å². The maximum atomic E-state index is 12.2. The number of rotatable bonds is 21. The summed E-state index contributed by atoms with van der Waals surface area (Å²) in [4.78, 5) is 33.8. The number of ether oxygens (including phenoxy) is 6. The van der Waals surface area contributed by atoms with Gasteiger partial charge in [-0.1, -0.05) is 18.1 Å². The second-order valence-corrected chi connectivity index (χ2v) is 8.24. The smallest absolute Gasteiger partial charge is 0.450 e. The molecule has 2 aromatic carbocycles. The zero-order valence-corrected chi connectivity index (χ0v) is 22.5. The fourth-order valence-electron chi connectivity index (χ4n) is 3.34. The second-order valence-electron chi connectivity index (χ2n) is 8.24. The molecule has 0 saturated heterocycles. The van der Waals surface area contributed by atoms with Crippen LogP contribution >= 0.6 is 0 Å². The molecule has 0 saturated carbocycles. The van der Waals surface area contributed by atoms with Gasteiger partial charge in [0.2, 0.25) is 5.91 Å². The molecule has 0 aromatic heterocycles. The first-order valence-corrected chi connectivity index (χ1v) is 12.8. The number of nitrogens with zero attached hydrogens (tertiary/aromatic N) is 1. The molecule has 13 heteroatoms. The van der Waals surface area contributed by atoms with Crippen molar-refractivity contribution in [3.05, 3.63) is 69.8 Å². The average molecular weight is 575 g/mol. The van der Waals surface area contributed by atoms with Crippen LogP contribution in [0.5, 0.6) is 0 Å². The number of carbonyl (C=O) groups is 2. The van der Waals surface area contributed by atoms with Crippen LogP contribution in [-0.2, 0) is 33.2 Å². The fourth-order valence-corrected chi connectivity index (χ4v) is 3.34. The standard InChI is InChI=1S/C28H34N2O11/c1-2-12-36-14-16-38-18-20-40-21-19-39-17-15-37-13-11-26(31)29-24-7-3-22(4-8-24)27(41-28(32)33)23-5-9-25(10-6-23)30(34)35/h1,3-10,27H,11-21H2,(H,29,31)(H,32,33). The van der Waals surface area contributed by atoms with E-state index in [1.165, 1.54) is 24.3 Å². The summed E-state index contributed by atoms with van der Waals surface area (Å²) in [6.07, 6.45) is 2.70. The molecule has 0 heterocycles. The monoisotopic (exact) mass is 574 g/mol. The molecule has 41 heavy (non-hydrogen) atoms. The minimum atomic E-state index is -1.50. The van der Waals surface area contributed by atoms with E-state index in [9.17, 15) is 19.7 Å². The SMILES string of the molecule is C#CCOCCOCCOCCOCCOCCC(=O)Nc1ccc(C(OC(=O)O)c2ccc([N+](=O)[O-])cc2)cc1. The Morgan fingerprint density at radius 2 is 1.27 bits per heavy atom. The molecule has 0 aliphatic carbocycles. The molecule has 222 valence electrons. The van der Waals surface area contributed by atoms with Crippen LogP contribution in [0.1, 0.15) is 23.7 Å². The number of nitrogens with one attached hydrogen (secondary N) is 1. The molecule has 2 aromatic rings. The molecule has 1 amide bonds. The lowest BCUT2D eigenvalue weighted by molar-refractivity contribution is -0.384. The van der Waals surface area contributed by atoms with Gasteiger partial charge in [-0.05, 0) is 35.4 Å². The molecule has 13 nitrogen and oxygen atoms in total. The van der Waals surface area contributed by atoms with Crippen molar-refractivity contribution in [2.75, 3.05) is 71.4 Å². The number of terminal acetylenes is 1. The first kappa shape index (κ1) is 33.1. The quantitative estimate of drug-likeness (QED) is 0.0738. The van der Waals surface area contributed by atoms with Gasteiger partial charge in [-0.25, -0.2) is 4.79 Å². The Morgan fingerprint density at radius 1 is 0.805 bits per heavy atom. The fraction of sp³-hybridized carbons (Fsp3) is 0.429. The molecule has 1 unspecified atom stereocenters. The van der Waals surface area contributed by atoms with Gasteiger partial charge in [-0.15, -0.1) is 6.42 Å². The van der Waals surface area contributed by atoms with Crippen LogP contribution in [0.3, 0.4) is 0 Å². The van der Waals surface area contributed by atoms with E-state index in [4.69, 9.17) is 40.0 Å². The molecule has 2 N–H and O–H groups in total. The number of nitro groups is 1. The number of amides is 1. The number of anilines is 1. The summed E-state index contributed by atoms with van der Waals surface area (Å²) in [5, 5.41) is 22.8. The van der Waals surface area contributed by atoms with Crippen LogP contribution in [0, 0.1) is 22.5 Å². The van der Waals surface area contributed by atoms with Crippen molar-refractivity contribution in [3.8, 4) is 12.3 Å². The number of carbonyl (C=O) groups excluding carboxylic acids is 1. The predicted octanol–water partition coefficient (Wildman–Crippen LogP) is 3.42. The van der Waals surface area contributed by atoms with Crippen molar-refractivity contribution in [2.45, 2.75) is 12.5 Å². The van der Waals surface area contributed by atoms with Crippen molar-refractivity contribution < 1.29 is 48.0 Å². The highest BCUT2D eigenvalue weighted by molar-refractivity contribution is 5.90. The molecule has 1 atom stereocenters. The van der Waals surface area contributed by atoms with Crippen molar-refractivity contribution in [1.29, 1.82) is 0 Å². The minimum Gasteiger partial charge on any atom is -0.450 e. The molecule has 0 aliphatic rings. The van der Waals surface area contributed by atoms with Gasteiger partial charge in [-0.3, -0.25) is 14.9 Å². The maximum absolute atomic E-state index is 12.2. The Balaban J connectivity index is 1.59. The second kappa shape index (κ2) is 19.9. The predicted molar refractivity (Wildman–Crippen MR) is 147 cm³/mol. The van der Waals surface area contributed by atoms with Gasteiger partial charge in [-0.2, -0.15) is 0 Å². The van der Waals surface area contributed by atoms with Crippen molar-refractivity contribution in [2.24, 2.45) is 0 Å². The summed E-state index contributed by atoms with van der Waals surface area (Å²) in [7, 11) is 0. The molecule has 0 spiro atoms. The van der Waals surface area contributed by atoms with E-state index in [2.05, 4.69) is 11.2 Å². The zero-order valence-electron chi connectivity index (χ0n) is 22.5. The van der Waals surface area contributed by atoms with E-state index in [0.29, 0.717) is 69.7 Å². The highest BCUT2D eigenvalue weighted by Gasteiger charge is 2.20. The zero-order chi connectivity index (χ0) is 29.7. The van der Waals surface area contributed by atoms with Crippen LogP contribution in [0.15, 0.2) is 48.5 Å². The molecule has 0 bridgehead atoms. The van der Waals surface area contributed by atoms with Gasteiger partial charge in [0.15, 0.2) is 6.10 Å². The maximum Gasteiger partial charge on any atom is 0.506 e. The molecular weight excluding hydrogens is 540 g/mol. The normalized spacial score (nSPS) is 11.4. The lowest BCUT2D eigenvalue weighted by Gasteiger charge is -2.17. The molecule has 2 rings (SSSR count). The van der Waals surface area contributed by atoms with E-state index >= 15 is 0 Å². The number of carboxylic acid groups (broad SMARTS) is 1. The summed E-state index contributed by atoms with van der Waals surface area (Å²) < 4.78 is 31.6. The van der Waals surface area contributed by atoms with Crippen LogP contribution in [0.4, 0.5) is 16.2 Å². The number of nitro benzene ring substituents is 1. The first-order chi connectivity index (χ1) is 19.9. The molecule has 0 aliphatic heterocycles.